The zero-order chi connectivity index (χ0) is 8.32. The van der Waals surface area contributed by atoms with Gasteiger partial charge in [0.15, 0.2) is 9.84 Å². The van der Waals surface area contributed by atoms with E-state index in [0.717, 1.165) is 25.8 Å². The zero-order valence-electron chi connectivity index (χ0n) is 6.84. The monoisotopic (exact) mass is 177 g/mol. The van der Waals surface area contributed by atoms with Crippen LogP contribution >= 0.6 is 0 Å². The van der Waals surface area contributed by atoms with Crippen LogP contribution in [0.25, 0.3) is 0 Å². The van der Waals surface area contributed by atoms with Gasteiger partial charge in [0.1, 0.15) is 0 Å². The first-order valence-corrected chi connectivity index (χ1v) is 5.96. The molecule has 1 saturated heterocycles. The van der Waals surface area contributed by atoms with Crippen LogP contribution in [-0.4, -0.2) is 33.0 Å². The van der Waals surface area contributed by atoms with Gasteiger partial charge in [0, 0.05) is 12.8 Å². The largest absolute Gasteiger partial charge is 0.315 e. The molecule has 11 heavy (non-hydrogen) atoms. The van der Waals surface area contributed by atoms with E-state index in [4.69, 9.17) is 0 Å². The third-order valence-corrected chi connectivity index (χ3v) is 3.72. The van der Waals surface area contributed by atoms with Gasteiger partial charge in [-0.2, -0.15) is 0 Å². The lowest BCUT2D eigenvalue weighted by Crippen LogP contribution is -2.30. The van der Waals surface area contributed by atoms with E-state index in [1.807, 2.05) is 0 Å². The highest BCUT2D eigenvalue weighted by Crippen LogP contribution is 2.10. The highest BCUT2D eigenvalue weighted by Gasteiger charge is 2.21. The number of sulfone groups is 1. The van der Waals surface area contributed by atoms with Crippen LogP contribution in [0.3, 0.4) is 0 Å². The van der Waals surface area contributed by atoms with Gasteiger partial charge in [0.25, 0.3) is 0 Å². The summed E-state index contributed by atoms with van der Waals surface area (Å²) in [5, 5.41) is 2.98. The number of rotatable bonds is 1. The van der Waals surface area contributed by atoms with Crippen molar-refractivity contribution in [3.05, 3.63) is 0 Å². The maximum absolute atomic E-state index is 11.1. The number of hydrogen-bond donors (Lipinski definition) is 1. The van der Waals surface area contributed by atoms with E-state index < -0.39 is 9.84 Å². The molecule has 0 aliphatic carbocycles. The highest BCUT2D eigenvalue weighted by atomic mass is 32.2. The Bertz CT molecular complexity index is 202. The fourth-order valence-electron chi connectivity index (χ4n) is 1.35. The Morgan fingerprint density at radius 1 is 1.36 bits per heavy atom. The fourth-order valence-corrected chi connectivity index (χ4v) is 2.37. The van der Waals surface area contributed by atoms with Crippen LogP contribution in [0.4, 0.5) is 0 Å². The summed E-state index contributed by atoms with van der Waals surface area (Å²) in [6.45, 7) is 1.60. The summed E-state index contributed by atoms with van der Waals surface area (Å²) < 4.78 is 22.2. The van der Waals surface area contributed by atoms with E-state index in [9.17, 15) is 8.42 Å². The second kappa shape index (κ2) is 3.54. The molecule has 0 bridgehead atoms. The molecular formula is C7H15NO2S. The van der Waals surface area contributed by atoms with Crippen molar-refractivity contribution in [1.82, 2.24) is 5.32 Å². The molecule has 1 heterocycles. The molecule has 0 spiro atoms. The van der Waals surface area contributed by atoms with Crippen LogP contribution in [0.2, 0.25) is 0 Å². The standard InChI is InChI=1S/C7H15NO2S/c1-11(9,10)7-4-2-3-5-8-6-7/h7-8H,2-6H2,1H3/t7-/m0/s1. The van der Waals surface area contributed by atoms with Crippen LogP contribution in [0.5, 0.6) is 0 Å². The van der Waals surface area contributed by atoms with Crippen molar-refractivity contribution in [3.63, 3.8) is 0 Å². The van der Waals surface area contributed by atoms with E-state index in [1.165, 1.54) is 6.26 Å². The summed E-state index contributed by atoms with van der Waals surface area (Å²) in [7, 11) is -2.81. The Morgan fingerprint density at radius 2 is 2.09 bits per heavy atom. The molecule has 0 amide bonds. The summed E-state index contributed by atoms with van der Waals surface area (Å²) in [5.41, 5.74) is 0. The quantitative estimate of drug-likeness (QED) is 0.621. The Labute approximate surface area is 68.1 Å². The van der Waals surface area contributed by atoms with E-state index in [2.05, 4.69) is 5.32 Å². The first-order chi connectivity index (χ1) is 5.11. The van der Waals surface area contributed by atoms with Gasteiger partial charge in [0.05, 0.1) is 5.25 Å². The first-order valence-electron chi connectivity index (χ1n) is 4.00. The molecular weight excluding hydrogens is 162 g/mol. The molecule has 66 valence electrons. The first kappa shape index (κ1) is 9.00. The minimum absolute atomic E-state index is 0.148. The average Bonchev–Trinajstić information content (AvgIpc) is 2.10. The van der Waals surface area contributed by atoms with E-state index in [-0.39, 0.29) is 5.25 Å². The third kappa shape index (κ3) is 2.79. The molecule has 1 N–H and O–H groups in total. The summed E-state index contributed by atoms with van der Waals surface area (Å²) in [5.74, 6) is 0. The Kier molecular flexibility index (Phi) is 2.90. The predicted molar refractivity (Wildman–Crippen MR) is 45.4 cm³/mol. The predicted octanol–water partition coefficient (Wildman–Crippen LogP) is 0.173. The average molecular weight is 177 g/mol. The van der Waals surface area contributed by atoms with Crippen molar-refractivity contribution >= 4 is 9.84 Å². The smallest absolute Gasteiger partial charge is 0.151 e. The Morgan fingerprint density at radius 3 is 2.73 bits per heavy atom. The summed E-state index contributed by atoms with van der Waals surface area (Å²) in [4.78, 5) is 0. The van der Waals surface area contributed by atoms with Crippen molar-refractivity contribution < 1.29 is 8.42 Å². The van der Waals surface area contributed by atoms with Gasteiger partial charge in [0.2, 0.25) is 0 Å². The van der Waals surface area contributed by atoms with Crippen LogP contribution in [-0.2, 0) is 9.84 Å². The molecule has 0 saturated carbocycles. The molecule has 0 radical (unpaired) electrons. The molecule has 1 atom stereocenters. The van der Waals surface area contributed by atoms with Gasteiger partial charge in [-0.25, -0.2) is 8.42 Å². The van der Waals surface area contributed by atoms with Gasteiger partial charge in [-0.3, -0.25) is 0 Å². The maximum Gasteiger partial charge on any atom is 0.151 e. The van der Waals surface area contributed by atoms with Crippen LogP contribution in [0, 0.1) is 0 Å². The molecule has 0 unspecified atom stereocenters. The Hall–Kier alpha value is -0.0900. The molecule has 1 aliphatic heterocycles. The molecule has 0 aromatic heterocycles. The lowest BCUT2D eigenvalue weighted by Gasteiger charge is -2.10. The second-order valence-electron chi connectivity index (χ2n) is 3.15. The van der Waals surface area contributed by atoms with Crippen LogP contribution in [0.15, 0.2) is 0 Å². The van der Waals surface area contributed by atoms with Crippen molar-refractivity contribution in [2.75, 3.05) is 19.3 Å². The lowest BCUT2D eigenvalue weighted by atomic mass is 10.2. The molecule has 3 nitrogen and oxygen atoms in total. The molecule has 1 aliphatic rings. The summed E-state index contributed by atoms with van der Waals surface area (Å²) >= 11 is 0. The minimum Gasteiger partial charge on any atom is -0.315 e. The van der Waals surface area contributed by atoms with Gasteiger partial charge < -0.3 is 5.32 Å². The van der Waals surface area contributed by atoms with Gasteiger partial charge in [-0.1, -0.05) is 6.42 Å². The Balaban J connectivity index is 2.57. The molecule has 4 heteroatoms. The normalized spacial score (nSPS) is 27.9. The summed E-state index contributed by atoms with van der Waals surface area (Å²) in [6, 6.07) is 0. The third-order valence-electron chi connectivity index (χ3n) is 2.11. The topological polar surface area (TPSA) is 46.2 Å². The second-order valence-corrected chi connectivity index (χ2v) is 5.48. The SMILES string of the molecule is CS(=O)(=O)[C@H]1CCCCNC1. The van der Waals surface area contributed by atoms with Gasteiger partial charge in [-0.15, -0.1) is 0 Å². The van der Waals surface area contributed by atoms with Gasteiger partial charge in [-0.05, 0) is 19.4 Å². The molecule has 0 aromatic rings. The number of nitrogens with one attached hydrogen (secondary N) is 1. The van der Waals surface area contributed by atoms with Crippen molar-refractivity contribution in [2.45, 2.75) is 24.5 Å². The van der Waals surface area contributed by atoms with Crippen molar-refractivity contribution in [2.24, 2.45) is 0 Å². The fraction of sp³-hybridized carbons (Fsp3) is 1.00. The van der Waals surface area contributed by atoms with Gasteiger partial charge >= 0.3 is 0 Å². The van der Waals surface area contributed by atoms with Crippen molar-refractivity contribution in [3.8, 4) is 0 Å². The molecule has 1 rings (SSSR count). The van der Waals surface area contributed by atoms with E-state index >= 15 is 0 Å². The highest BCUT2D eigenvalue weighted by molar-refractivity contribution is 7.91. The van der Waals surface area contributed by atoms with Crippen molar-refractivity contribution in [1.29, 1.82) is 0 Å². The lowest BCUT2D eigenvalue weighted by molar-refractivity contribution is 0.573. The maximum atomic E-state index is 11.1. The molecule has 0 aromatic carbocycles. The zero-order valence-corrected chi connectivity index (χ0v) is 7.65. The van der Waals surface area contributed by atoms with E-state index in [0.29, 0.717) is 6.54 Å². The molecule has 1 fully saturated rings. The van der Waals surface area contributed by atoms with E-state index in [1.54, 1.807) is 0 Å². The van der Waals surface area contributed by atoms with Crippen LogP contribution < -0.4 is 5.32 Å². The van der Waals surface area contributed by atoms with Crippen LogP contribution in [0.1, 0.15) is 19.3 Å². The number of hydrogen-bond acceptors (Lipinski definition) is 3. The minimum atomic E-state index is -2.81. The summed E-state index contributed by atoms with van der Waals surface area (Å²) in [6.07, 6.45) is 4.28.